The molecule has 1 aromatic rings. The van der Waals surface area contributed by atoms with Crippen molar-refractivity contribution in [3.63, 3.8) is 0 Å². The number of hydrogen-bond donors (Lipinski definition) is 0. The molecule has 0 fully saturated rings. The molecule has 0 aromatic carbocycles. The Bertz CT molecular complexity index is 293. The van der Waals surface area contributed by atoms with Gasteiger partial charge in [-0.2, -0.15) is 0 Å². The van der Waals surface area contributed by atoms with E-state index in [-0.39, 0.29) is 0 Å². The Morgan fingerprint density at radius 1 is 1.12 bits per heavy atom. The van der Waals surface area contributed by atoms with E-state index in [0.29, 0.717) is 18.7 Å². The van der Waals surface area contributed by atoms with Gasteiger partial charge >= 0.3 is 0 Å². The largest absolute Gasteiger partial charge is 0.330 e. The number of nitrogens with zero attached hydrogens (tertiary/aromatic N) is 2. The molecule has 0 unspecified atom stereocenters. The molecule has 0 amide bonds. The summed E-state index contributed by atoms with van der Waals surface area (Å²) in [7, 11) is 0. The lowest BCUT2D eigenvalue weighted by molar-refractivity contribution is -0.119. The smallest absolute Gasteiger partial charge is 0.152 e. The highest BCUT2D eigenvalue weighted by atomic mass is 16.1. The first-order valence-electron chi connectivity index (χ1n) is 6.80. The van der Waals surface area contributed by atoms with Gasteiger partial charge in [-0.25, -0.2) is 4.98 Å². The van der Waals surface area contributed by atoms with Crippen molar-refractivity contribution in [1.82, 2.24) is 9.55 Å². The second kappa shape index (κ2) is 8.97. The van der Waals surface area contributed by atoms with Gasteiger partial charge in [0.15, 0.2) is 5.78 Å². The third kappa shape index (κ3) is 6.93. The average Bonchev–Trinajstić information content (AvgIpc) is 2.80. The third-order valence-corrected chi connectivity index (χ3v) is 2.98. The van der Waals surface area contributed by atoms with Gasteiger partial charge < -0.3 is 4.57 Å². The van der Waals surface area contributed by atoms with Crippen molar-refractivity contribution in [3.05, 3.63) is 18.7 Å². The van der Waals surface area contributed by atoms with Crippen LogP contribution < -0.4 is 0 Å². The normalized spacial score (nSPS) is 10.6. The molecule has 0 saturated heterocycles. The molecule has 3 nitrogen and oxygen atoms in total. The maximum absolute atomic E-state index is 11.6. The van der Waals surface area contributed by atoms with E-state index in [2.05, 4.69) is 11.9 Å². The molecule has 0 spiro atoms. The van der Waals surface area contributed by atoms with Crippen LogP contribution >= 0.6 is 0 Å². The van der Waals surface area contributed by atoms with Crippen LogP contribution in [0.2, 0.25) is 0 Å². The second-order valence-corrected chi connectivity index (χ2v) is 4.65. The van der Waals surface area contributed by atoms with E-state index in [1.807, 2.05) is 10.8 Å². The summed E-state index contributed by atoms with van der Waals surface area (Å²) in [5.74, 6) is 0.316. The first kappa shape index (κ1) is 13.9. The number of carbonyl (C=O) groups excluding carboxylic acids is 1. The molecule has 0 aliphatic rings. The second-order valence-electron chi connectivity index (χ2n) is 4.65. The molecule has 0 bridgehead atoms. The molecular formula is C14H24N2O. The zero-order valence-electron chi connectivity index (χ0n) is 10.9. The van der Waals surface area contributed by atoms with Crippen LogP contribution in [0.5, 0.6) is 0 Å². The van der Waals surface area contributed by atoms with E-state index in [1.165, 1.54) is 38.5 Å². The molecule has 0 N–H and O–H groups in total. The number of unbranched alkanes of at least 4 members (excludes halogenated alkanes) is 6. The van der Waals surface area contributed by atoms with Crippen LogP contribution in [-0.2, 0) is 11.3 Å². The van der Waals surface area contributed by atoms with E-state index >= 15 is 0 Å². The number of hydrogen-bond acceptors (Lipinski definition) is 2. The Morgan fingerprint density at radius 3 is 2.47 bits per heavy atom. The van der Waals surface area contributed by atoms with Crippen LogP contribution in [0.15, 0.2) is 18.7 Å². The highest BCUT2D eigenvalue weighted by Gasteiger charge is 2.02. The Kier molecular flexibility index (Phi) is 7.35. The highest BCUT2D eigenvalue weighted by molar-refractivity contribution is 5.78. The van der Waals surface area contributed by atoms with E-state index < -0.39 is 0 Å². The van der Waals surface area contributed by atoms with Crippen molar-refractivity contribution in [2.45, 2.75) is 64.8 Å². The summed E-state index contributed by atoms with van der Waals surface area (Å²) in [6, 6.07) is 0. The van der Waals surface area contributed by atoms with Crippen LogP contribution in [0.1, 0.15) is 58.3 Å². The molecule has 3 heteroatoms. The minimum atomic E-state index is 0.316. The van der Waals surface area contributed by atoms with Gasteiger partial charge in [0, 0.05) is 18.8 Å². The van der Waals surface area contributed by atoms with Crippen molar-refractivity contribution in [2.24, 2.45) is 0 Å². The first-order chi connectivity index (χ1) is 8.33. The summed E-state index contributed by atoms with van der Waals surface area (Å²) in [5.41, 5.74) is 0. The van der Waals surface area contributed by atoms with Gasteiger partial charge in [-0.15, -0.1) is 0 Å². The van der Waals surface area contributed by atoms with Gasteiger partial charge in [-0.3, -0.25) is 4.79 Å². The monoisotopic (exact) mass is 236 g/mol. The lowest BCUT2D eigenvalue weighted by Gasteiger charge is -2.02. The van der Waals surface area contributed by atoms with Gasteiger partial charge in [0.1, 0.15) is 0 Å². The summed E-state index contributed by atoms with van der Waals surface area (Å²) in [5, 5.41) is 0. The fraction of sp³-hybridized carbons (Fsp3) is 0.714. The van der Waals surface area contributed by atoms with Crippen molar-refractivity contribution in [2.75, 3.05) is 0 Å². The van der Waals surface area contributed by atoms with Gasteiger partial charge in [0.2, 0.25) is 0 Å². The average molecular weight is 236 g/mol. The van der Waals surface area contributed by atoms with Crippen LogP contribution in [0.25, 0.3) is 0 Å². The highest BCUT2D eigenvalue weighted by Crippen LogP contribution is 2.08. The Morgan fingerprint density at radius 2 is 1.82 bits per heavy atom. The number of carbonyl (C=O) groups is 1. The molecule has 1 rings (SSSR count). The van der Waals surface area contributed by atoms with Crippen LogP contribution in [0.4, 0.5) is 0 Å². The summed E-state index contributed by atoms with van der Waals surface area (Å²) in [6.45, 7) is 2.71. The van der Waals surface area contributed by atoms with Gasteiger partial charge in [0.05, 0.1) is 12.9 Å². The molecule has 0 aliphatic heterocycles. The summed E-state index contributed by atoms with van der Waals surface area (Å²) in [6.07, 6.45) is 14.8. The standard InChI is InChI=1S/C14H24N2O/c1-2-3-4-5-6-7-8-9-14(17)12-16-11-10-15-13-16/h10-11,13H,2-9,12H2,1H3. The third-order valence-electron chi connectivity index (χ3n) is 2.98. The Labute approximate surface area is 104 Å². The fourth-order valence-corrected chi connectivity index (χ4v) is 1.94. The molecule has 0 radical (unpaired) electrons. The molecule has 0 aliphatic carbocycles. The quantitative estimate of drug-likeness (QED) is 0.582. The minimum Gasteiger partial charge on any atom is -0.330 e. The topological polar surface area (TPSA) is 34.9 Å². The Hall–Kier alpha value is -1.12. The number of Topliss-reactive ketones (excluding diaryl/α,β-unsaturated/α-hetero) is 1. The summed E-state index contributed by atoms with van der Waals surface area (Å²) >= 11 is 0. The summed E-state index contributed by atoms with van der Waals surface area (Å²) < 4.78 is 1.84. The minimum absolute atomic E-state index is 0.316. The van der Waals surface area contributed by atoms with Crippen molar-refractivity contribution in [3.8, 4) is 0 Å². The van der Waals surface area contributed by atoms with E-state index in [0.717, 1.165) is 6.42 Å². The van der Waals surface area contributed by atoms with Gasteiger partial charge in [-0.1, -0.05) is 45.4 Å². The van der Waals surface area contributed by atoms with Crippen molar-refractivity contribution >= 4 is 5.78 Å². The first-order valence-corrected chi connectivity index (χ1v) is 6.80. The zero-order valence-corrected chi connectivity index (χ0v) is 10.9. The molecule has 17 heavy (non-hydrogen) atoms. The van der Waals surface area contributed by atoms with Gasteiger partial charge in [0.25, 0.3) is 0 Å². The zero-order chi connectivity index (χ0) is 12.3. The van der Waals surface area contributed by atoms with Crippen LogP contribution in [-0.4, -0.2) is 15.3 Å². The maximum atomic E-state index is 11.6. The molecule has 1 aromatic heterocycles. The van der Waals surface area contributed by atoms with Crippen LogP contribution in [0.3, 0.4) is 0 Å². The SMILES string of the molecule is CCCCCCCCCC(=O)Cn1ccnc1. The number of ketones is 1. The molecular weight excluding hydrogens is 212 g/mol. The maximum Gasteiger partial charge on any atom is 0.152 e. The predicted octanol–water partition coefficient (Wildman–Crippen LogP) is 3.59. The van der Waals surface area contributed by atoms with Gasteiger partial charge in [-0.05, 0) is 6.42 Å². The lowest BCUT2D eigenvalue weighted by atomic mass is 10.1. The lowest BCUT2D eigenvalue weighted by Crippen LogP contribution is -2.07. The predicted molar refractivity (Wildman–Crippen MR) is 69.8 cm³/mol. The van der Waals surface area contributed by atoms with E-state index in [4.69, 9.17) is 0 Å². The molecule has 0 saturated carbocycles. The molecule has 0 atom stereocenters. The van der Waals surface area contributed by atoms with Crippen LogP contribution in [0, 0.1) is 0 Å². The van der Waals surface area contributed by atoms with E-state index in [1.54, 1.807) is 12.5 Å². The molecule has 1 heterocycles. The van der Waals surface area contributed by atoms with Crippen molar-refractivity contribution in [1.29, 1.82) is 0 Å². The number of imidazole rings is 1. The number of rotatable bonds is 10. The van der Waals surface area contributed by atoms with E-state index in [9.17, 15) is 4.79 Å². The molecule has 96 valence electrons. The fourth-order valence-electron chi connectivity index (χ4n) is 1.94. The van der Waals surface area contributed by atoms with Crippen molar-refractivity contribution < 1.29 is 4.79 Å². The Balaban J connectivity index is 1.94. The number of aromatic nitrogens is 2. The summed E-state index contributed by atoms with van der Waals surface area (Å²) in [4.78, 5) is 15.5.